The maximum absolute atomic E-state index is 12.6. The molecule has 1 fully saturated rings. The predicted molar refractivity (Wildman–Crippen MR) is 92.2 cm³/mol. The summed E-state index contributed by atoms with van der Waals surface area (Å²) in [6.45, 7) is 7.48. The third-order valence-corrected chi connectivity index (χ3v) is 4.42. The monoisotopic (exact) mass is 327 g/mol. The topological polar surface area (TPSA) is 63.9 Å². The van der Waals surface area contributed by atoms with Crippen molar-refractivity contribution in [2.24, 2.45) is 12.5 Å². The molecule has 0 aromatic carbocycles. The van der Waals surface area contributed by atoms with Gasteiger partial charge >= 0.3 is 0 Å². The molecule has 2 aromatic rings. The fourth-order valence-electron chi connectivity index (χ4n) is 3.15. The third kappa shape index (κ3) is 3.47. The zero-order valence-corrected chi connectivity index (χ0v) is 14.9. The summed E-state index contributed by atoms with van der Waals surface area (Å²) in [6, 6.07) is 0. The fraction of sp³-hybridized carbons (Fsp3) is 0.556. The Morgan fingerprint density at radius 2 is 2.04 bits per heavy atom. The number of carbonyl (C=O) groups excluding carboxylic acids is 1. The van der Waals surface area contributed by atoms with E-state index in [0.29, 0.717) is 0 Å². The van der Waals surface area contributed by atoms with E-state index in [1.165, 1.54) is 0 Å². The second kappa shape index (κ2) is 6.34. The Bertz CT molecular complexity index is 731. The minimum absolute atomic E-state index is 0.212. The molecule has 0 saturated carbocycles. The number of aryl methyl sites for hydroxylation is 1. The maximum Gasteiger partial charge on any atom is 0.227 e. The summed E-state index contributed by atoms with van der Waals surface area (Å²) >= 11 is 0. The van der Waals surface area contributed by atoms with E-state index in [-0.39, 0.29) is 17.2 Å². The van der Waals surface area contributed by atoms with E-state index in [1.54, 1.807) is 17.1 Å². The van der Waals surface area contributed by atoms with Crippen LogP contribution in [0, 0.1) is 5.41 Å². The van der Waals surface area contributed by atoms with Gasteiger partial charge in [-0.05, 0) is 12.8 Å². The Morgan fingerprint density at radius 1 is 1.25 bits per heavy atom. The number of aromatic nitrogens is 4. The van der Waals surface area contributed by atoms with Gasteiger partial charge in [0, 0.05) is 49.4 Å². The van der Waals surface area contributed by atoms with Gasteiger partial charge in [0.1, 0.15) is 0 Å². The number of carbonyl (C=O) groups is 1. The van der Waals surface area contributed by atoms with Gasteiger partial charge < -0.3 is 4.90 Å². The van der Waals surface area contributed by atoms with Crippen LogP contribution in [0.25, 0.3) is 11.3 Å². The Balaban J connectivity index is 1.80. The van der Waals surface area contributed by atoms with E-state index in [9.17, 15) is 4.79 Å². The van der Waals surface area contributed by atoms with Gasteiger partial charge in [-0.1, -0.05) is 20.8 Å². The smallest absolute Gasteiger partial charge is 0.227 e. The van der Waals surface area contributed by atoms with Crippen LogP contribution in [0.15, 0.2) is 24.8 Å². The van der Waals surface area contributed by atoms with Crippen LogP contribution in [0.5, 0.6) is 0 Å². The van der Waals surface area contributed by atoms with Crippen LogP contribution < -0.4 is 0 Å². The second-order valence-corrected chi connectivity index (χ2v) is 7.57. The molecule has 3 heterocycles. The van der Waals surface area contributed by atoms with Gasteiger partial charge in [0.2, 0.25) is 5.91 Å². The van der Waals surface area contributed by atoms with Gasteiger partial charge in [-0.15, -0.1) is 0 Å². The van der Waals surface area contributed by atoms with E-state index in [4.69, 9.17) is 4.98 Å². The molecule has 0 aliphatic carbocycles. The number of piperidine rings is 1. The quantitative estimate of drug-likeness (QED) is 0.850. The van der Waals surface area contributed by atoms with Crippen LogP contribution in [-0.4, -0.2) is 43.6 Å². The molecule has 2 aromatic heterocycles. The van der Waals surface area contributed by atoms with Crippen LogP contribution in [0.2, 0.25) is 0 Å². The van der Waals surface area contributed by atoms with Crippen LogP contribution >= 0.6 is 0 Å². The SMILES string of the molecule is Cn1cc(-c2cncc([C@@H]3CCCN(C(=O)C(C)(C)C)C3)n2)cn1. The number of amides is 1. The molecular formula is C18H25N5O. The number of rotatable bonds is 2. The van der Waals surface area contributed by atoms with Crippen molar-refractivity contribution >= 4 is 5.91 Å². The van der Waals surface area contributed by atoms with Crippen molar-refractivity contribution in [3.63, 3.8) is 0 Å². The van der Waals surface area contributed by atoms with Crippen LogP contribution in [0.4, 0.5) is 0 Å². The largest absolute Gasteiger partial charge is 0.342 e. The van der Waals surface area contributed by atoms with Crippen LogP contribution in [-0.2, 0) is 11.8 Å². The Kier molecular flexibility index (Phi) is 4.39. The number of hydrogen-bond donors (Lipinski definition) is 0. The highest BCUT2D eigenvalue weighted by Gasteiger charge is 2.32. The zero-order chi connectivity index (χ0) is 17.3. The summed E-state index contributed by atoms with van der Waals surface area (Å²) in [7, 11) is 1.89. The van der Waals surface area contributed by atoms with Gasteiger partial charge in [0.25, 0.3) is 0 Å². The molecule has 1 aliphatic heterocycles. The molecule has 0 bridgehead atoms. The first kappa shape index (κ1) is 16.6. The van der Waals surface area contributed by atoms with Crippen LogP contribution in [0.3, 0.4) is 0 Å². The summed E-state index contributed by atoms with van der Waals surface area (Å²) in [5.74, 6) is 0.456. The lowest BCUT2D eigenvalue weighted by Gasteiger charge is -2.36. The standard InChI is InChI=1S/C18H25N5O/c1-18(2,3)17(24)23-7-5-6-13(12-23)15-9-19-10-16(21-15)14-8-20-22(4)11-14/h8-11,13H,5-7,12H2,1-4H3/t13-/m1/s1. The van der Waals surface area contributed by atoms with E-state index < -0.39 is 0 Å². The second-order valence-electron chi connectivity index (χ2n) is 7.57. The van der Waals surface area contributed by atoms with Gasteiger partial charge in [-0.2, -0.15) is 5.10 Å². The molecule has 1 aliphatic rings. The molecule has 128 valence electrons. The van der Waals surface area contributed by atoms with Crippen molar-refractivity contribution in [1.29, 1.82) is 0 Å². The summed E-state index contributed by atoms with van der Waals surface area (Å²) in [5, 5.41) is 4.19. The van der Waals surface area contributed by atoms with Crippen molar-refractivity contribution in [2.75, 3.05) is 13.1 Å². The summed E-state index contributed by atoms with van der Waals surface area (Å²) < 4.78 is 1.76. The maximum atomic E-state index is 12.6. The molecule has 0 radical (unpaired) electrons. The molecule has 0 spiro atoms. The molecule has 1 saturated heterocycles. The van der Waals surface area contributed by atoms with E-state index >= 15 is 0 Å². The molecule has 0 N–H and O–H groups in total. The van der Waals surface area contributed by atoms with Crippen molar-refractivity contribution < 1.29 is 4.79 Å². The summed E-state index contributed by atoms with van der Waals surface area (Å²) in [4.78, 5) is 23.7. The number of nitrogens with zero attached hydrogens (tertiary/aromatic N) is 5. The van der Waals surface area contributed by atoms with Gasteiger partial charge in [-0.3, -0.25) is 14.5 Å². The highest BCUT2D eigenvalue weighted by atomic mass is 16.2. The van der Waals surface area contributed by atoms with E-state index in [2.05, 4.69) is 10.1 Å². The Morgan fingerprint density at radius 3 is 2.71 bits per heavy atom. The molecule has 0 unspecified atom stereocenters. The lowest BCUT2D eigenvalue weighted by atomic mass is 9.90. The van der Waals surface area contributed by atoms with E-state index in [0.717, 1.165) is 42.9 Å². The minimum atomic E-state index is -0.342. The highest BCUT2D eigenvalue weighted by Crippen LogP contribution is 2.29. The van der Waals surface area contributed by atoms with Crippen molar-refractivity contribution in [3.8, 4) is 11.3 Å². The first-order chi connectivity index (χ1) is 11.3. The molecule has 1 atom stereocenters. The van der Waals surface area contributed by atoms with Crippen molar-refractivity contribution in [3.05, 3.63) is 30.5 Å². The minimum Gasteiger partial charge on any atom is -0.342 e. The fourth-order valence-corrected chi connectivity index (χ4v) is 3.15. The van der Waals surface area contributed by atoms with Gasteiger partial charge in [0.05, 0.1) is 23.8 Å². The first-order valence-electron chi connectivity index (χ1n) is 8.45. The van der Waals surface area contributed by atoms with Crippen molar-refractivity contribution in [2.45, 2.75) is 39.5 Å². The average Bonchev–Trinajstić information content (AvgIpc) is 3.00. The molecule has 3 rings (SSSR count). The predicted octanol–water partition coefficient (Wildman–Crippen LogP) is 2.63. The molecule has 6 heteroatoms. The lowest BCUT2D eigenvalue weighted by Crippen LogP contribution is -2.44. The first-order valence-corrected chi connectivity index (χ1v) is 8.45. The van der Waals surface area contributed by atoms with Gasteiger partial charge in [-0.25, -0.2) is 4.98 Å². The molecule has 6 nitrogen and oxygen atoms in total. The zero-order valence-electron chi connectivity index (χ0n) is 14.9. The molecular weight excluding hydrogens is 302 g/mol. The van der Waals surface area contributed by atoms with Crippen molar-refractivity contribution in [1.82, 2.24) is 24.6 Å². The normalized spacial score (nSPS) is 18.7. The Hall–Kier alpha value is -2.24. The number of likely N-dealkylation sites (tertiary alicyclic amines) is 1. The van der Waals surface area contributed by atoms with Gasteiger partial charge in [0.15, 0.2) is 0 Å². The van der Waals surface area contributed by atoms with E-state index in [1.807, 2.05) is 45.1 Å². The summed E-state index contributed by atoms with van der Waals surface area (Å²) in [5.41, 5.74) is 2.42. The van der Waals surface area contributed by atoms with Crippen LogP contribution in [0.1, 0.15) is 45.2 Å². The Labute approximate surface area is 142 Å². The average molecular weight is 327 g/mol. The lowest BCUT2D eigenvalue weighted by molar-refractivity contribution is -0.140. The summed E-state index contributed by atoms with van der Waals surface area (Å²) in [6.07, 6.45) is 9.37. The highest BCUT2D eigenvalue weighted by molar-refractivity contribution is 5.81. The molecule has 24 heavy (non-hydrogen) atoms. The number of hydrogen-bond acceptors (Lipinski definition) is 4. The third-order valence-electron chi connectivity index (χ3n) is 4.42. The molecule has 1 amide bonds.